The molecule has 1 aromatic rings. The van der Waals surface area contributed by atoms with Gasteiger partial charge in [-0.05, 0) is 18.9 Å². The van der Waals surface area contributed by atoms with Crippen molar-refractivity contribution in [3.63, 3.8) is 0 Å². The van der Waals surface area contributed by atoms with Gasteiger partial charge in [0.25, 0.3) is 0 Å². The number of fused-ring (bicyclic) bond motifs is 1. The molecule has 116 valence electrons. The van der Waals surface area contributed by atoms with Gasteiger partial charge in [-0.2, -0.15) is 0 Å². The molecule has 0 bridgehead atoms. The van der Waals surface area contributed by atoms with Crippen LogP contribution in [0.1, 0.15) is 24.8 Å². The second-order valence-corrected chi connectivity index (χ2v) is 7.86. The van der Waals surface area contributed by atoms with Crippen LogP contribution in [-0.2, 0) is 16.4 Å². The molecule has 0 aromatic heterocycles. The Morgan fingerprint density at radius 3 is 2.90 bits per heavy atom. The van der Waals surface area contributed by atoms with Crippen LogP contribution in [0.3, 0.4) is 0 Å². The topological polar surface area (TPSA) is 64.6 Å². The van der Waals surface area contributed by atoms with E-state index in [-0.39, 0.29) is 11.8 Å². The van der Waals surface area contributed by atoms with Gasteiger partial charge in [0.2, 0.25) is 0 Å². The zero-order chi connectivity index (χ0) is 14.7. The smallest absolute Gasteiger partial charge is 0.165 e. The molecule has 5 nitrogen and oxygen atoms in total. The van der Waals surface area contributed by atoms with E-state index in [4.69, 9.17) is 9.47 Å². The van der Waals surface area contributed by atoms with Gasteiger partial charge in [-0.25, -0.2) is 8.42 Å². The lowest BCUT2D eigenvalue weighted by Gasteiger charge is -2.23. The highest BCUT2D eigenvalue weighted by atomic mass is 32.2. The largest absolute Gasteiger partial charge is 0.490 e. The van der Waals surface area contributed by atoms with Gasteiger partial charge in [-0.3, -0.25) is 0 Å². The van der Waals surface area contributed by atoms with E-state index in [1.807, 2.05) is 18.2 Å². The van der Waals surface area contributed by atoms with E-state index in [1.54, 1.807) is 0 Å². The van der Waals surface area contributed by atoms with Gasteiger partial charge in [0.1, 0.15) is 0 Å². The predicted octanol–water partition coefficient (Wildman–Crippen LogP) is 1.51. The summed E-state index contributed by atoms with van der Waals surface area (Å²) in [7, 11) is -2.88. The molecule has 1 aromatic carbocycles. The van der Waals surface area contributed by atoms with E-state index in [0.29, 0.717) is 25.5 Å². The second-order valence-electron chi connectivity index (χ2n) is 5.63. The number of benzene rings is 1. The van der Waals surface area contributed by atoms with Gasteiger partial charge in [0.05, 0.1) is 24.7 Å². The Hall–Kier alpha value is -1.27. The number of sulfone groups is 1. The molecule has 1 unspecified atom stereocenters. The summed E-state index contributed by atoms with van der Waals surface area (Å²) in [5.41, 5.74) is 1.03. The average Bonchev–Trinajstić information content (AvgIpc) is 2.69. The third kappa shape index (κ3) is 3.68. The molecule has 2 aliphatic rings. The number of ether oxygens (including phenoxy) is 2. The van der Waals surface area contributed by atoms with E-state index in [2.05, 4.69) is 5.32 Å². The van der Waals surface area contributed by atoms with Gasteiger partial charge in [-0.15, -0.1) is 0 Å². The SMILES string of the molecule is O=S1(=O)CCCC(NCc2cccc3c2OCCCO3)C1. The van der Waals surface area contributed by atoms with Crippen LogP contribution in [0.2, 0.25) is 0 Å². The third-order valence-electron chi connectivity index (χ3n) is 3.90. The van der Waals surface area contributed by atoms with Crippen LogP contribution in [0.15, 0.2) is 18.2 Å². The van der Waals surface area contributed by atoms with Crippen LogP contribution in [0.4, 0.5) is 0 Å². The summed E-state index contributed by atoms with van der Waals surface area (Å²) in [5, 5.41) is 3.35. The number of hydrogen-bond acceptors (Lipinski definition) is 5. The lowest BCUT2D eigenvalue weighted by molar-refractivity contribution is 0.295. The second kappa shape index (κ2) is 6.23. The highest BCUT2D eigenvalue weighted by molar-refractivity contribution is 7.91. The van der Waals surface area contributed by atoms with Crippen LogP contribution < -0.4 is 14.8 Å². The molecule has 3 rings (SSSR count). The van der Waals surface area contributed by atoms with Crippen molar-refractivity contribution in [3.05, 3.63) is 23.8 Å². The first kappa shape index (κ1) is 14.7. The van der Waals surface area contributed by atoms with E-state index in [1.165, 1.54) is 0 Å². The van der Waals surface area contributed by atoms with Gasteiger partial charge in [-0.1, -0.05) is 12.1 Å². The summed E-state index contributed by atoms with van der Waals surface area (Å²) in [6, 6.07) is 5.89. The van der Waals surface area contributed by atoms with Crippen molar-refractivity contribution in [1.82, 2.24) is 5.32 Å². The summed E-state index contributed by atoms with van der Waals surface area (Å²) in [6.07, 6.45) is 2.53. The molecule has 1 atom stereocenters. The fourth-order valence-electron chi connectivity index (χ4n) is 2.83. The van der Waals surface area contributed by atoms with Crippen LogP contribution in [0.5, 0.6) is 11.5 Å². The van der Waals surface area contributed by atoms with Crippen molar-refractivity contribution < 1.29 is 17.9 Å². The Morgan fingerprint density at radius 2 is 2.05 bits per heavy atom. The molecule has 1 fully saturated rings. The number of rotatable bonds is 3. The van der Waals surface area contributed by atoms with Crippen molar-refractivity contribution in [1.29, 1.82) is 0 Å². The molecular formula is C15H21NO4S. The van der Waals surface area contributed by atoms with Gasteiger partial charge in [0.15, 0.2) is 21.3 Å². The normalized spacial score (nSPS) is 24.3. The van der Waals surface area contributed by atoms with Crippen molar-refractivity contribution in [2.24, 2.45) is 0 Å². The monoisotopic (exact) mass is 311 g/mol. The minimum Gasteiger partial charge on any atom is -0.490 e. The Morgan fingerprint density at radius 1 is 1.19 bits per heavy atom. The van der Waals surface area contributed by atoms with Crippen LogP contribution in [-0.4, -0.2) is 39.2 Å². The molecule has 1 saturated heterocycles. The minimum atomic E-state index is -2.88. The maximum atomic E-state index is 11.7. The van der Waals surface area contributed by atoms with Gasteiger partial charge < -0.3 is 14.8 Å². The van der Waals surface area contributed by atoms with Gasteiger partial charge >= 0.3 is 0 Å². The summed E-state index contributed by atoms with van der Waals surface area (Å²) in [6.45, 7) is 1.93. The molecule has 6 heteroatoms. The number of para-hydroxylation sites is 1. The maximum Gasteiger partial charge on any atom is 0.165 e. The first-order valence-electron chi connectivity index (χ1n) is 7.45. The summed E-state index contributed by atoms with van der Waals surface area (Å²) >= 11 is 0. The lowest BCUT2D eigenvalue weighted by Crippen LogP contribution is -2.39. The van der Waals surface area contributed by atoms with Crippen molar-refractivity contribution in [2.45, 2.75) is 31.8 Å². The molecule has 2 aliphatic heterocycles. The molecule has 0 saturated carbocycles. The average molecular weight is 311 g/mol. The Bertz CT molecular complexity index is 600. The summed E-state index contributed by atoms with van der Waals surface area (Å²) < 4.78 is 34.8. The molecule has 0 radical (unpaired) electrons. The predicted molar refractivity (Wildman–Crippen MR) is 80.6 cm³/mol. The highest BCUT2D eigenvalue weighted by Gasteiger charge is 2.24. The Kier molecular flexibility index (Phi) is 4.35. The number of hydrogen-bond donors (Lipinski definition) is 1. The van der Waals surface area contributed by atoms with E-state index in [9.17, 15) is 8.42 Å². The molecule has 1 N–H and O–H groups in total. The molecule has 0 aliphatic carbocycles. The molecule has 0 spiro atoms. The van der Waals surface area contributed by atoms with Crippen LogP contribution in [0.25, 0.3) is 0 Å². The summed E-state index contributed by atoms with van der Waals surface area (Å²) in [4.78, 5) is 0. The summed E-state index contributed by atoms with van der Waals surface area (Å²) in [5.74, 6) is 2.13. The first-order valence-corrected chi connectivity index (χ1v) is 9.27. The number of nitrogens with one attached hydrogen (secondary N) is 1. The molecule has 21 heavy (non-hydrogen) atoms. The first-order chi connectivity index (χ1) is 10.1. The standard InChI is InChI=1S/C15H21NO4S/c17-21(18)9-2-5-13(11-21)16-10-12-4-1-6-14-15(12)20-8-3-7-19-14/h1,4,6,13,16H,2-3,5,7-11H2. The minimum absolute atomic E-state index is 0.0336. The van der Waals surface area contributed by atoms with Gasteiger partial charge in [0, 0.05) is 24.6 Å². The Labute approximate surface area is 125 Å². The quantitative estimate of drug-likeness (QED) is 0.917. The van der Waals surface area contributed by atoms with Crippen LogP contribution >= 0.6 is 0 Å². The zero-order valence-corrected chi connectivity index (χ0v) is 12.8. The maximum absolute atomic E-state index is 11.7. The molecular weight excluding hydrogens is 290 g/mol. The van der Waals surface area contributed by atoms with E-state index >= 15 is 0 Å². The molecule has 2 heterocycles. The Balaban J connectivity index is 1.68. The fourth-order valence-corrected chi connectivity index (χ4v) is 4.50. The van der Waals surface area contributed by atoms with Crippen molar-refractivity contribution in [2.75, 3.05) is 24.7 Å². The fraction of sp³-hybridized carbons (Fsp3) is 0.600. The third-order valence-corrected chi connectivity index (χ3v) is 5.72. The van der Waals surface area contributed by atoms with E-state index in [0.717, 1.165) is 36.3 Å². The van der Waals surface area contributed by atoms with Crippen LogP contribution in [0, 0.1) is 0 Å². The lowest BCUT2D eigenvalue weighted by atomic mass is 10.1. The van der Waals surface area contributed by atoms with E-state index < -0.39 is 9.84 Å². The zero-order valence-electron chi connectivity index (χ0n) is 12.0. The highest BCUT2D eigenvalue weighted by Crippen LogP contribution is 2.33. The van der Waals surface area contributed by atoms with Crippen molar-refractivity contribution >= 4 is 9.84 Å². The van der Waals surface area contributed by atoms with Crippen molar-refractivity contribution in [3.8, 4) is 11.5 Å². The molecule has 0 amide bonds.